The number of aliphatic carboxylic acids is 1. The molecule has 2 saturated heterocycles. The van der Waals surface area contributed by atoms with Crippen molar-refractivity contribution in [2.45, 2.75) is 24.1 Å². The summed E-state index contributed by atoms with van der Waals surface area (Å²) >= 11 is 7.31. The lowest BCUT2D eigenvalue weighted by molar-refractivity contribution is -0.138. The molecule has 2 heterocycles. The van der Waals surface area contributed by atoms with E-state index in [0.29, 0.717) is 21.6 Å². The number of amidine groups is 1. The number of hydrogen-bond acceptors (Lipinski definition) is 6. The lowest BCUT2D eigenvalue weighted by Gasteiger charge is -2.26. The van der Waals surface area contributed by atoms with Crippen LogP contribution in [0.15, 0.2) is 23.2 Å². The molecule has 0 aliphatic carbocycles. The zero-order chi connectivity index (χ0) is 19.8. The maximum Gasteiger partial charge on any atom is 0.303 e. The quantitative estimate of drug-likeness (QED) is 0.749. The predicted octanol–water partition coefficient (Wildman–Crippen LogP) is 1.81. The molecule has 0 unspecified atom stereocenters. The zero-order valence-corrected chi connectivity index (χ0v) is 16.7. The van der Waals surface area contributed by atoms with Crippen LogP contribution < -0.4 is 9.64 Å². The van der Waals surface area contributed by atoms with Gasteiger partial charge in [-0.3, -0.25) is 9.59 Å². The van der Waals surface area contributed by atoms with Gasteiger partial charge >= 0.3 is 5.97 Å². The molecule has 0 radical (unpaired) electrons. The summed E-state index contributed by atoms with van der Waals surface area (Å²) in [6.07, 6.45) is -0.546. The van der Waals surface area contributed by atoms with Crippen LogP contribution in [0.1, 0.15) is 12.8 Å². The fourth-order valence-corrected chi connectivity index (χ4v) is 7.16. The van der Waals surface area contributed by atoms with Crippen molar-refractivity contribution in [3.05, 3.63) is 23.2 Å². The minimum atomic E-state index is -3.20. The first-order chi connectivity index (χ1) is 12.7. The molecular weight excluding hydrogens is 416 g/mol. The largest absolute Gasteiger partial charge is 0.495 e. The molecule has 2 atom stereocenters. The zero-order valence-electron chi connectivity index (χ0n) is 14.3. The molecule has 2 aliphatic rings. The standard InChI is InChI=1S/C16H17ClN2O6S2/c1-25-12-3-2-9(17)6-10(12)19-11-7-27(23,24)8-13(11)26-16(19)18-14(20)4-5-15(21)22/h2-3,6,11,13H,4-5,7-8H2,1H3,(H,21,22)/t11-,13-/m1/s1. The number of methoxy groups -OCH3 is 1. The summed E-state index contributed by atoms with van der Waals surface area (Å²) in [6, 6.07) is 4.53. The van der Waals surface area contributed by atoms with E-state index in [-0.39, 0.29) is 29.6 Å². The van der Waals surface area contributed by atoms with E-state index >= 15 is 0 Å². The van der Waals surface area contributed by atoms with E-state index in [9.17, 15) is 18.0 Å². The van der Waals surface area contributed by atoms with Gasteiger partial charge in [0, 0.05) is 16.7 Å². The second-order valence-electron chi connectivity index (χ2n) is 6.17. The molecule has 0 aromatic heterocycles. The maximum atomic E-state index is 12.1. The third-order valence-corrected chi connectivity index (χ3v) is 7.68. The van der Waals surface area contributed by atoms with Crippen molar-refractivity contribution >= 4 is 55.9 Å². The van der Waals surface area contributed by atoms with Gasteiger partial charge in [-0.1, -0.05) is 23.4 Å². The third kappa shape index (κ3) is 4.39. The lowest BCUT2D eigenvalue weighted by Crippen LogP contribution is -2.38. The minimum Gasteiger partial charge on any atom is -0.495 e. The first-order valence-corrected chi connectivity index (χ1v) is 11.1. The molecule has 1 amide bonds. The highest BCUT2D eigenvalue weighted by atomic mass is 35.5. The summed E-state index contributed by atoms with van der Waals surface area (Å²) in [5.74, 6) is -1.27. The second kappa shape index (κ2) is 7.69. The van der Waals surface area contributed by atoms with Gasteiger partial charge in [-0.2, -0.15) is 4.99 Å². The molecule has 1 aromatic carbocycles. The van der Waals surface area contributed by atoms with Crippen LogP contribution >= 0.6 is 23.4 Å². The molecule has 0 saturated carbocycles. The Balaban J connectivity index is 2.00. The van der Waals surface area contributed by atoms with Gasteiger partial charge < -0.3 is 14.7 Å². The number of anilines is 1. The van der Waals surface area contributed by atoms with E-state index < -0.39 is 27.8 Å². The summed E-state index contributed by atoms with van der Waals surface area (Å²) in [5, 5.41) is 9.21. The molecule has 0 bridgehead atoms. The van der Waals surface area contributed by atoms with Crippen LogP contribution in [0, 0.1) is 0 Å². The van der Waals surface area contributed by atoms with Crippen molar-refractivity contribution in [1.82, 2.24) is 0 Å². The number of carbonyl (C=O) groups excluding carboxylic acids is 1. The Morgan fingerprint density at radius 2 is 2.11 bits per heavy atom. The molecule has 0 spiro atoms. The molecule has 2 fully saturated rings. The highest BCUT2D eigenvalue weighted by Crippen LogP contribution is 2.44. The number of halogens is 1. The fraction of sp³-hybridized carbons (Fsp3) is 0.438. The van der Waals surface area contributed by atoms with E-state index in [2.05, 4.69) is 4.99 Å². The molecule has 1 N–H and O–H groups in total. The number of sulfone groups is 1. The van der Waals surface area contributed by atoms with E-state index in [1.54, 1.807) is 23.1 Å². The average molecular weight is 433 g/mol. The van der Waals surface area contributed by atoms with Crippen molar-refractivity contribution in [1.29, 1.82) is 0 Å². The molecule has 27 heavy (non-hydrogen) atoms. The Morgan fingerprint density at radius 1 is 1.37 bits per heavy atom. The van der Waals surface area contributed by atoms with Crippen molar-refractivity contribution in [2.24, 2.45) is 4.99 Å². The number of nitrogens with zero attached hydrogens (tertiary/aromatic N) is 2. The van der Waals surface area contributed by atoms with Crippen molar-refractivity contribution < 1.29 is 27.9 Å². The number of hydrogen-bond donors (Lipinski definition) is 1. The van der Waals surface area contributed by atoms with Crippen LogP contribution in [0.25, 0.3) is 0 Å². The normalized spacial score (nSPS) is 24.8. The first kappa shape index (κ1) is 20.0. The second-order valence-corrected chi connectivity index (χ2v) is 9.97. The molecular formula is C16H17ClN2O6S2. The Labute approximate surface area is 165 Å². The fourth-order valence-electron chi connectivity index (χ4n) is 3.07. The van der Waals surface area contributed by atoms with E-state index in [0.717, 1.165) is 0 Å². The van der Waals surface area contributed by atoms with Crippen LogP contribution in [-0.4, -0.2) is 60.5 Å². The molecule has 11 heteroatoms. The number of fused-ring (bicyclic) bond motifs is 1. The Morgan fingerprint density at radius 3 is 2.78 bits per heavy atom. The van der Waals surface area contributed by atoms with Crippen LogP contribution in [-0.2, 0) is 19.4 Å². The number of thioether (sulfide) groups is 1. The first-order valence-electron chi connectivity index (χ1n) is 8.03. The number of ether oxygens (including phenoxy) is 1. The van der Waals surface area contributed by atoms with Gasteiger partial charge in [0.25, 0.3) is 0 Å². The van der Waals surface area contributed by atoms with Crippen molar-refractivity contribution in [3.8, 4) is 5.75 Å². The number of rotatable bonds is 5. The molecule has 3 rings (SSSR count). The van der Waals surface area contributed by atoms with E-state index in [4.69, 9.17) is 21.4 Å². The maximum absolute atomic E-state index is 12.1. The molecule has 8 nitrogen and oxygen atoms in total. The van der Waals surface area contributed by atoms with Gasteiger partial charge in [0.05, 0.1) is 36.8 Å². The highest BCUT2D eigenvalue weighted by Gasteiger charge is 2.50. The number of aliphatic imine (C=N–C) groups is 1. The van der Waals surface area contributed by atoms with Crippen LogP contribution in [0.2, 0.25) is 5.02 Å². The molecule has 2 aliphatic heterocycles. The number of carbonyl (C=O) groups is 2. The van der Waals surface area contributed by atoms with E-state index in [1.165, 1.54) is 18.9 Å². The Kier molecular flexibility index (Phi) is 5.68. The monoisotopic (exact) mass is 432 g/mol. The SMILES string of the molecule is COc1ccc(Cl)cc1N1C(=NC(=O)CCC(=O)O)S[C@@H]2CS(=O)(=O)C[C@H]21. The minimum absolute atomic E-state index is 0.00987. The van der Waals surface area contributed by atoms with Gasteiger partial charge in [-0.25, -0.2) is 8.42 Å². The van der Waals surface area contributed by atoms with Gasteiger partial charge in [-0.15, -0.1) is 0 Å². The number of benzene rings is 1. The van der Waals surface area contributed by atoms with Crippen LogP contribution in [0.5, 0.6) is 5.75 Å². The van der Waals surface area contributed by atoms with Crippen molar-refractivity contribution in [2.75, 3.05) is 23.5 Å². The van der Waals surface area contributed by atoms with Crippen LogP contribution in [0.3, 0.4) is 0 Å². The smallest absolute Gasteiger partial charge is 0.303 e. The summed E-state index contributed by atoms with van der Waals surface area (Å²) in [4.78, 5) is 28.5. The lowest BCUT2D eigenvalue weighted by atomic mass is 10.2. The average Bonchev–Trinajstić information content (AvgIpc) is 3.03. The Bertz CT molecular complexity index is 917. The van der Waals surface area contributed by atoms with Gasteiger partial charge in [0.1, 0.15) is 5.75 Å². The van der Waals surface area contributed by atoms with Gasteiger partial charge in [0.2, 0.25) is 5.91 Å². The highest BCUT2D eigenvalue weighted by molar-refractivity contribution is 8.16. The summed E-state index contributed by atoms with van der Waals surface area (Å²) in [5.41, 5.74) is 0.520. The summed E-state index contributed by atoms with van der Waals surface area (Å²) in [6.45, 7) is 0. The van der Waals surface area contributed by atoms with Crippen LogP contribution in [0.4, 0.5) is 5.69 Å². The predicted molar refractivity (Wildman–Crippen MR) is 104 cm³/mol. The molecule has 1 aromatic rings. The number of amides is 1. The molecule has 146 valence electrons. The number of carboxylic acids is 1. The topological polar surface area (TPSA) is 113 Å². The summed E-state index contributed by atoms with van der Waals surface area (Å²) < 4.78 is 29.5. The van der Waals surface area contributed by atoms with E-state index in [1.807, 2.05) is 0 Å². The van der Waals surface area contributed by atoms with Gasteiger partial charge in [-0.05, 0) is 18.2 Å². The Hall–Kier alpha value is -1.78. The van der Waals surface area contributed by atoms with Gasteiger partial charge in [0.15, 0.2) is 15.0 Å². The summed E-state index contributed by atoms with van der Waals surface area (Å²) in [7, 11) is -1.72. The number of carboxylic acid groups (broad SMARTS) is 1. The third-order valence-electron chi connectivity index (χ3n) is 4.24. The van der Waals surface area contributed by atoms with Crippen molar-refractivity contribution in [3.63, 3.8) is 0 Å².